The number of hydrogen-bond acceptors (Lipinski definition) is 6. The molecule has 4 aromatic rings. The molecule has 0 aliphatic heterocycles. The quantitative estimate of drug-likeness (QED) is 0.176. The van der Waals surface area contributed by atoms with Crippen molar-refractivity contribution in [3.8, 4) is 0 Å². The zero-order valence-electron chi connectivity index (χ0n) is 25.8. The van der Waals surface area contributed by atoms with E-state index in [1.165, 1.54) is 60.0 Å². The van der Waals surface area contributed by atoms with Crippen LogP contribution in [-0.4, -0.2) is 45.3 Å². The molecule has 3 aromatic carbocycles. The number of aryl methyl sites for hydroxylation is 4. The molecule has 5 rings (SSSR count). The lowest BCUT2D eigenvalue weighted by Crippen LogP contribution is -2.18. The Morgan fingerprint density at radius 3 is 1.86 bits per heavy atom. The van der Waals surface area contributed by atoms with E-state index < -0.39 is 9.84 Å². The van der Waals surface area contributed by atoms with E-state index in [0.29, 0.717) is 11.3 Å². The molecule has 0 saturated heterocycles. The summed E-state index contributed by atoms with van der Waals surface area (Å²) >= 11 is 0. The van der Waals surface area contributed by atoms with Gasteiger partial charge in [0.2, 0.25) is 0 Å². The summed E-state index contributed by atoms with van der Waals surface area (Å²) < 4.78 is 23.9. The summed E-state index contributed by atoms with van der Waals surface area (Å²) in [4.78, 5) is 24.6. The number of aromatic nitrogens is 1. The third-order valence-electron chi connectivity index (χ3n) is 6.40. The van der Waals surface area contributed by atoms with Crippen molar-refractivity contribution in [3.63, 3.8) is 0 Å². The van der Waals surface area contributed by atoms with Gasteiger partial charge in [0, 0.05) is 41.0 Å². The van der Waals surface area contributed by atoms with Gasteiger partial charge < -0.3 is 9.59 Å². The molecule has 1 saturated carbocycles. The predicted molar refractivity (Wildman–Crippen MR) is 183 cm³/mol. The Morgan fingerprint density at radius 1 is 0.833 bits per heavy atom. The van der Waals surface area contributed by atoms with Crippen LogP contribution in [0.15, 0.2) is 77.8 Å². The smallest absolute Gasteiger partial charge is 0.192 e. The molecule has 0 atom stereocenters. The van der Waals surface area contributed by atoms with Crippen LogP contribution in [0.1, 0.15) is 69.7 Å². The summed E-state index contributed by atoms with van der Waals surface area (Å²) in [5.74, 6) is 0. The fraction of sp³-hybridized carbons (Fsp3) is 0.314. The Balaban J connectivity index is -0.000000698. The number of fused-ring (bicyclic) bond motifs is 1. The van der Waals surface area contributed by atoms with Gasteiger partial charge >= 0.3 is 0 Å². The van der Waals surface area contributed by atoms with E-state index in [2.05, 4.69) is 90.6 Å². The molecule has 1 aliphatic carbocycles. The lowest BCUT2D eigenvalue weighted by Gasteiger charge is -2.13. The average molecular weight is 595 g/mol. The number of hydrogen-bond donors (Lipinski definition) is 0. The summed E-state index contributed by atoms with van der Waals surface area (Å²) in [5.41, 5.74) is 6.98. The van der Waals surface area contributed by atoms with Gasteiger partial charge in [-0.3, -0.25) is 9.98 Å². The summed E-state index contributed by atoms with van der Waals surface area (Å²) in [6.07, 6.45) is 7.43. The second-order valence-corrected chi connectivity index (χ2v) is 11.8. The molecule has 0 radical (unpaired) electrons. The molecule has 6 nitrogen and oxygen atoms in total. The van der Waals surface area contributed by atoms with Crippen LogP contribution in [0.4, 0.5) is 0 Å². The fourth-order valence-corrected chi connectivity index (χ4v) is 5.29. The summed E-state index contributed by atoms with van der Waals surface area (Å²) in [6, 6.07) is 25.3. The van der Waals surface area contributed by atoms with Gasteiger partial charge in [-0.1, -0.05) is 92.9 Å². The third kappa shape index (κ3) is 11.5. The Morgan fingerprint density at radius 2 is 1.38 bits per heavy atom. The van der Waals surface area contributed by atoms with Gasteiger partial charge in [-0.2, -0.15) is 0 Å². The Labute approximate surface area is 256 Å². The lowest BCUT2D eigenvalue weighted by molar-refractivity contribution is -0.0987. The van der Waals surface area contributed by atoms with Gasteiger partial charge in [-0.25, -0.2) is 8.42 Å². The van der Waals surface area contributed by atoms with Gasteiger partial charge in [0.25, 0.3) is 0 Å². The zero-order chi connectivity index (χ0) is 31.7. The highest BCUT2D eigenvalue weighted by atomic mass is 32.2. The molecule has 1 aliphatic rings. The highest BCUT2D eigenvalue weighted by Gasteiger charge is 2.21. The molecule has 0 bridgehead atoms. The molecule has 1 aromatic heterocycles. The number of carbonyl (C=O) groups is 2. The standard InChI is InChI=1S/C19H24N2O2S.C11H10.C3H6.2CH2O.3H2/c1-6-15-7-9-16(10-8-15)12-17-11-13(2)18(14(3)21-17)19(20-4)24(5,22)23;1-9-5-4-7-10-6-2-3-8-11(9)10;1-2-3-1;2*1-2;;;/h7-11H,6,12H2,1-5H3;2-8H,1H3;1-3H2;2*1H2;3*1H. The van der Waals surface area contributed by atoms with Gasteiger partial charge in [0.05, 0.1) is 0 Å². The minimum Gasteiger partial charge on any atom is -0.307 e. The van der Waals surface area contributed by atoms with Crippen molar-refractivity contribution in [2.75, 3.05) is 13.3 Å². The highest BCUT2D eigenvalue weighted by Crippen LogP contribution is 2.20. The molecule has 0 amide bonds. The van der Waals surface area contributed by atoms with Crippen LogP contribution in [0.2, 0.25) is 0 Å². The van der Waals surface area contributed by atoms with Crippen LogP contribution in [0.25, 0.3) is 10.8 Å². The predicted octanol–water partition coefficient (Wildman–Crippen LogP) is 7.96. The number of nitrogens with zero attached hydrogens (tertiary/aromatic N) is 2. The first-order valence-electron chi connectivity index (χ1n) is 13.9. The summed E-state index contributed by atoms with van der Waals surface area (Å²) in [5, 5.41) is 2.78. The minimum absolute atomic E-state index is 0. The highest BCUT2D eigenvalue weighted by molar-refractivity contribution is 8.06. The third-order valence-corrected chi connectivity index (χ3v) is 7.49. The maximum Gasteiger partial charge on any atom is 0.192 e. The first kappa shape index (κ1) is 36.1. The van der Waals surface area contributed by atoms with Crippen molar-refractivity contribution in [1.29, 1.82) is 0 Å². The number of aliphatic imine (C=N–C) groups is 1. The molecule has 0 spiro atoms. The first-order valence-corrected chi connectivity index (χ1v) is 15.8. The van der Waals surface area contributed by atoms with E-state index in [-0.39, 0.29) is 9.32 Å². The summed E-state index contributed by atoms with van der Waals surface area (Å²) in [6.45, 7) is 12.0. The van der Waals surface area contributed by atoms with E-state index in [1.807, 2.05) is 33.5 Å². The lowest BCUT2D eigenvalue weighted by atomic mass is 10.0. The van der Waals surface area contributed by atoms with Crippen LogP contribution in [0, 0.1) is 20.8 Å². The van der Waals surface area contributed by atoms with E-state index in [4.69, 9.17) is 9.59 Å². The molecular weight excluding hydrogens is 544 g/mol. The van der Waals surface area contributed by atoms with Gasteiger partial charge in [0.1, 0.15) is 13.6 Å². The Bertz CT molecular complexity index is 1530. The van der Waals surface area contributed by atoms with Crippen molar-refractivity contribution < 1.29 is 22.3 Å². The van der Waals surface area contributed by atoms with Crippen LogP contribution < -0.4 is 0 Å². The molecule has 42 heavy (non-hydrogen) atoms. The van der Waals surface area contributed by atoms with Crippen molar-refractivity contribution in [2.45, 2.75) is 59.8 Å². The van der Waals surface area contributed by atoms with Crippen molar-refractivity contribution >= 4 is 39.2 Å². The van der Waals surface area contributed by atoms with E-state index in [0.717, 1.165) is 24.1 Å². The molecule has 1 fully saturated rings. The topological polar surface area (TPSA) is 93.5 Å². The number of rotatable bonds is 4. The molecule has 0 unspecified atom stereocenters. The Hall–Kier alpha value is -3.97. The van der Waals surface area contributed by atoms with Gasteiger partial charge in [-0.15, -0.1) is 0 Å². The normalized spacial score (nSPS) is 11.7. The number of sulfone groups is 1. The molecule has 230 valence electrons. The SMILES string of the molecule is C1CC1.C=O.C=O.CCc1ccc(Cc2cc(C)c(C(=NC)S(C)(=O)=O)c(C)n2)cc1.Cc1cccc2ccccc12.[HH].[HH].[HH]. The average Bonchev–Trinajstić information content (AvgIpc) is 3.88. The van der Waals surface area contributed by atoms with Crippen LogP contribution >= 0.6 is 0 Å². The van der Waals surface area contributed by atoms with Gasteiger partial charge in [-0.05, 0) is 66.3 Å². The molecule has 1 heterocycles. The van der Waals surface area contributed by atoms with Crippen molar-refractivity contribution in [1.82, 2.24) is 4.98 Å². The molecule has 7 heteroatoms. The first-order chi connectivity index (χ1) is 20.1. The van der Waals surface area contributed by atoms with E-state index in [9.17, 15) is 8.42 Å². The maximum absolute atomic E-state index is 11.9. The monoisotopic (exact) mass is 594 g/mol. The van der Waals surface area contributed by atoms with E-state index in [1.54, 1.807) is 0 Å². The van der Waals surface area contributed by atoms with Crippen molar-refractivity contribution in [3.05, 3.63) is 112 Å². The summed E-state index contributed by atoms with van der Waals surface area (Å²) in [7, 11) is -1.88. The van der Waals surface area contributed by atoms with Crippen LogP contribution in [0.3, 0.4) is 0 Å². The Kier molecular flexibility index (Phi) is 15.8. The molecular formula is C35H50N2O4S. The van der Waals surface area contributed by atoms with Gasteiger partial charge in [0.15, 0.2) is 14.9 Å². The van der Waals surface area contributed by atoms with E-state index >= 15 is 0 Å². The second kappa shape index (κ2) is 18.5. The largest absolute Gasteiger partial charge is 0.307 e. The van der Waals surface area contributed by atoms with Crippen molar-refractivity contribution in [2.24, 2.45) is 4.99 Å². The molecule has 0 N–H and O–H groups in total. The number of carbonyl (C=O) groups excluding carboxylic acids is 2. The van der Waals surface area contributed by atoms with Crippen LogP contribution in [-0.2, 0) is 32.3 Å². The van der Waals surface area contributed by atoms with Crippen LogP contribution in [0.5, 0.6) is 0 Å². The number of pyridine rings is 1. The number of benzene rings is 3. The minimum atomic E-state index is -3.38. The zero-order valence-corrected chi connectivity index (χ0v) is 26.6. The maximum atomic E-state index is 11.9. The fourth-order valence-electron chi connectivity index (χ4n) is 4.28. The second-order valence-electron chi connectivity index (χ2n) is 9.90.